The van der Waals surface area contributed by atoms with E-state index in [0.717, 1.165) is 45.2 Å². The van der Waals surface area contributed by atoms with E-state index < -0.39 is 0 Å². The Kier molecular flexibility index (Phi) is 4.40. The highest BCUT2D eigenvalue weighted by molar-refractivity contribution is 5.82. The van der Waals surface area contributed by atoms with E-state index in [0.29, 0.717) is 0 Å². The van der Waals surface area contributed by atoms with Gasteiger partial charge in [0.1, 0.15) is 0 Å². The molecule has 1 saturated carbocycles. The van der Waals surface area contributed by atoms with Crippen LogP contribution in [0, 0.1) is 5.41 Å². The number of carbonyl (C=O) groups is 1. The molecule has 1 heterocycles. The van der Waals surface area contributed by atoms with E-state index in [1.165, 1.54) is 12.8 Å². The van der Waals surface area contributed by atoms with Gasteiger partial charge in [0.05, 0.1) is 11.5 Å². The first-order valence-corrected chi connectivity index (χ1v) is 6.94. The standard InChI is InChI=1S/C13H24N2O2/c1-2-13(8-5-9-14-10-13)12(16)15-17-11-6-3-4-7-11/h11,14H,2-10H2,1H3,(H,15,16). The summed E-state index contributed by atoms with van der Waals surface area (Å²) in [6.07, 6.45) is 7.77. The fourth-order valence-electron chi connectivity index (χ4n) is 2.88. The van der Waals surface area contributed by atoms with E-state index in [1.54, 1.807) is 0 Å². The maximum atomic E-state index is 12.2. The highest BCUT2D eigenvalue weighted by Gasteiger charge is 2.38. The Morgan fingerprint density at radius 2 is 2.18 bits per heavy atom. The molecule has 4 nitrogen and oxygen atoms in total. The van der Waals surface area contributed by atoms with E-state index in [1.807, 2.05) is 0 Å². The molecule has 0 aromatic heterocycles. The third kappa shape index (κ3) is 2.99. The normalized spacial score (nSPS) is 30.4. The number of rotatable bonds is 4. The molecule has 2 aliphatic rings. The minimum atomic E-state index is -0.253. The van der Waals surface area contributed by atoms with Crippen molar-refractivity contribution in [3.63, 3.8) is 0 Å². The second-order valence-corrected chi connectivity index (χ2v) is 5.37. The summed E-state index contributed by atoms with van der Waals surface area (Å²) in [6.45, 7) is 3.89. The van der Waals surface area contributed by atoms with Gasteiger partial charge < -0.3 is 5.32 Å². The lowest BCUT2D eigenvalue weighted by molar-refractivity contribution is -0.150. The molecular weight excluding hydrogens is 216 g/mol. The van der Waals surface area contributed by atoms with Crippen LogP contribution in [-0.2, 0) is 9.63 Å². The van der Waals surface area contributed by atoms with Gasteiger partial charge in [0.2, 0.25) is 0 Å². The Balaban J connectivity index is 1.83. The fraction of sp³-hybridized carbons (Fsp3) is 0.923. The minimum absolute atomic E-state index is 0.0686. The summed E-state index contributed by atoms with van der Waals surface area (Å²) in [5.74, 6) is 0.0686. The smallest absolute Gasteiger partial charge is 0.251 e. The van der Waals surface area contributed by atoms with Gasteiger partial charge in [0, 0.05) is 6.54 Å². The molecule has 1 aliphatic heterocycles. The van der Waals surface area contributed by atoms with Gasteiger partial charge in [0.15, 0.2) is 0 Å². The van der Waals surface area contributed by atoms with Crippen molar-refractivity contribution in [3.05, 3.63) is 0 Å². The molecule has 0 aromatic rings. The molecule has 0 radical (unpaired) electrons. The first-order valence-electron chi connectivity index (χ1n) is 6.94. The summed E-state index contributed by atoms with van der Waals surface area (Å²) in [7, 11) is 0. The zero-order valence-electron chi connectivity index (χ0n) is 10.8. The molecule has 0 bridgehead atoms. The molecule has 2 N–H and O–H groups in total. The van der Waals surface area contributed by atoms with Gasteiger partial charge in [-0.05, 0) is 38.6 Å². The van der Waals surface area contributed by atoms with Crippen LogP contribution in [0.3, 0.4) is 0 Å². The summed E-state index contributed by atoms with van der Waals surface area (Å²) in [5.41, 5.74) is 2.45. The maximum absolute atomic E-state index is 12.2. The quantitative estimate of drug-likeness (QED) is 0.736. The van der Waals surface area contributed by atoms with Crippen LogP contribution in [0.4, 0.5) is 0 Å². The van der Waals surface area contributed by atoms with E-state index in [-0.39, 0.29) is 17.4 Å². The van der Waals surface area contributed by atoms with Crippen molar-refractivity contribution in [1.82, 2.24) is 10.8 Å². The highest BCUT2D eigenvalue weighted by Crippen LogP contribution is 2.30. The van der Waals surface area contributed by atoms with Crippen LogP contribution in [0.2, 0.25) is 0 Å². The molecule has 0 aromatic carbocycles. The van der Waals surface area contributed by atoms with Crippen LogP contribution in [0.1, 0.15) is 51.9 Å². The van der Waals surface area contributed by atoms with Crippen LogP contribution in [0.5, 0.6) is 0 Å². The Bertz CT molecular complexity index is 256. The van der Waals surface area contributed by atoms with Gasteiger partial charge >= 0.3 is 0 Å². The van der Waals surface area contributed by atoms with Crippen LogP contribution < -0.4 is 10.8 Å². The molecule has 98 valence electrons. The number of piperidine rings is 1. The predicted octanol–water partition coefficient (Wildman–Crippen LogP) is 1.76. The molecule has 2 rings (SSSR count). The van der Waals surface area contributed by atoms with Gasteiger partial charge in [-0.1, -0.05) is 19.8 Å². The van der Waals surface area contributed by atoms with Crippen molar-refractivity contribution < 1.29 is 9.63 Å². The summed E-state index contributed by atoms with van der Waals surface area (Å²) >= 11 is 0. The monoisotopic (exact) mass is 240 g/mol. The SMILES string of the molecule is CCC1(C(=O)NOC2CCCC2)CCCNC1. The molecule has 0 spiro atoms. The molecule has 1 aliphatic carbocycles. The predicted molar refractivity (Wildman–Crippen MR) is 66.3 cm³/mol. The van der Waals surface area contributed by atoms with Crippen LogP contribution >= 0.6 is 0 Å². The number of hydrogen-bond acceptors (Lipinski definition) is 3. The average molecular weight is 240 g/mol. The number of hydroxylamine groups is 1. The average Bonchev–Trinajstić information content (AvgIpc) is 2.90. The summed E-state index contributed by atoms with van der Waals surface area (Å²) in [5, 5.41) is 3.32. The van der Waals surface area contributed by atoms with Gasteiger partial charge in [0.25, 0.3) is 5.91 Å². The fourth-order valence-corrected chi connectivity index (χ4v) is 2.88. The Hall–Kier alpha value is -0.610. The number of nitrogens with one attached hydrogen (secondary N) is 2. The lowest BCUT2D eigenvalue weighted by Gasteiger charge is -2.35. The van der Waals surface area contributed by atoms with Gasteiger partial charge in [-0.2, -0.15) is 0 Å². The second-order valence-electron chi connectivity index (χ2n) is 5.37. The van der Waals surface area contributed by atoms with Crippen molar-refractivity contribution in [2.45, 2.75) is 58.0 Å². The summed E-state index contributed by atoms with van der Waals surface area (Å²) < 4.78 is 0. The molecule has 17 heavy (non-hydrogen) atoms. The van der Waals surface area contributed by atoms with E-state index in [9.17, 15) is 4.79 Å². The molecule has 2 fully saturated rings. The van der Waals surface area contributed by atoms with Crippen LogP contribution in [0.25, 0.3) is 0 Å². The highest BCUT2D eigenvalue weighted by atomic mass is 16.7. The third-order valence-electron chi connectivity index (χ3n) is 4.25. The Labute approximate surface area is 103 Å². The van der Waals surface area contributed by atoms with Crippen LogP contribution in [0.15, 0.2) is 0 Å². The topological polar surface area (TPSA) is 50.4 Å². The lowest BCUT2D eigenvalue weighted by Crippen LogP contribution is -2.50. The molecule has 1 amide bonds. The van der Waals surface area contributed by atoms with Crippen LogP contribution in [-0.4, -0.2) is 25.1 Å². The van der Waals surface area contributed by atoms with Gasteiger partial charge in [-0.3, -0.25) is 9.63 Å². The first kappa shape index (κ1) is 12.8. The van der Waals surface area contributed by atoms with Crippen molar-refractivity contribution in [1.29, 1.82) is 0 Å². The Morgan fingerprint density at radius 1 is 1.41 bits per heavy atom. The Morgan fingerprint density at radius 3 is 2.76 bits per heavy atom. The van der Waals surface area contributed by atoms with Crippen molar-refractivity contribution in [2.24, 2.45) is 5.41 Å². The molecule has 4 heteroatoms. The second kappa shape index (κ2) is 5.83. The van der Waals surface area contributed by atoms with E-state index in [2.05, 4.69) is 17.7 Å². The zero-order valence-corrected chi connectivity index (χ0v) is 10.8. The molecule has 1 atom stereocenters. The lowest BCUT2D eigenvalue weighted by atomic mass is 9.78. The minimum Gasteiger partial charge on any atom is -0.316 e. The third-order valence-corrected chi connectivity index (χ3v) is 4.25. The van der Waals surface area contributed by atoms with Gasteiger partial charge in [-0.25, -0.2) is 5.48 Å². The van der Waals surface area contributed by atoms with Crippen molar-refractivity contribution in [3.8, 4) is 0 Å². The number of amides is 1. The summed E-state index contributed by atoms with van der Waals surface area (Å²) in [4.78, 5) is 17.7. The van der Waals surface area contributed by atoms with Crippen molar-refractivity contribution in [2.75, 3.05) is 13.1 Å². The number of carbonyl (C=O) groups excluding carboxylic acids is 1. The summed E-state index contributed by atoms with van der Waals surface area (Å²) in [6, 6.07) is 0. The first-order chi connectivity index (χ1) is 8.27. The zero-order chi connectivity index (χ0) is 12.1. The van der Waals surface area contributed by atoms with E-state index >= 15 is 0 Å². The molecule has 1 saturated heterocycles. The van der Waals surface area contributed by atoms with E-state index in [4.69, 9.17) is 4.84 Å². The maximum Gasteiger partial charge on any atom is 0.251 e. The molecule has 1 unspecified atom stereocenters. The largest absolute Gasteiger partial charge is 0.316 e. The molecular formula is C13H24N2O2. The van der Waals surface area contributed by atoms with Crippen molar-refractivity contribution >= 4 is 5.91 Å². The van der Waals surface area contributed by atoms with Gasteiger partial charge in [-0.15, -0.1) is 0 Å². The number of hydrogen-bond donors (Lipinski definition) is 2.